The van der Waals surface area contributed by atoms with Crippen molar-refractivity contribution < 1.29 is 5.11 Å². The van der Waals surface area contributed by atoms with Crippen molar-refractivity contribution in [3.63, 3.8) is 0 Å². The molecule has 1 aliphatic rings. The van der Waals surface area contributed by atoms with Gasteiger partial charge in [0, 0.05) is 5.57 Å². The van der Waals surface area contributed by atoms with Crippen molar-refractivity contribution in [2.75, 3.05) is 0 Å². The van der Waals surface area contributed by atoms with Gasteiger partial charge >= 0.3 is 0 Å². The second-order valence-corrected chi connectivity index (χ2v) is 3.64. The molecule has 1 heteroatoms. The molecule has 0 saturated heterocycles. The van der Waals surface area contributed by atoms with Crippen LogP contribution in [-0.2, 0) is 0 Å². The topological polar surface area (TPSA) is 20.2 Å². The van der Waals surface area contributed by atoms with Crippen LogP contribution in [0.15, 0.2) is 17.9 Å². The number of hydrogen-bond acceptors (Lipinski definition) is 1. The lowest BCUT2D eigenvalue weighted by molar-refractivity contribution is 0.0734. The average molecular weight is 166 g/mol. The lowest BCUT2D eigenvalue weighted by Gasteiger charge is -2.22. The first-order chi connectivity index (χ1) is 5.73. The smallest absolute Gasteiger partial charge is 0.0930 e. The van der Waals surface area contributed by atoms with E-state index in [-0.39, 0.29) is 0 Å². The summed E-state index contributed by atoms with van der Waals surface area (Å²) in [6.45, 7) is 5.77. The minimum absolute atomic E-state index is 0.544. The molecule has 68 valence electrons. The van der Waals surface area contributed by atoms with Crippen LogP contribution < -0.4 is 0 Å². The Balaban J connectivity index is 2.62. The molecule has 0 aromatic rings. The van der Waals surface area contributed by atoms with E-state index in [0.29, 0.717) is 0 Å². The highest BCUT2D eigenvalue weighted by Crippen LogP contribution is 2.37. The van der Waals surface area contributed by atoms with Crippen LogP contribution in [0.5, 0.6) is 0 Å². The van der Waals surface area contributed by atoms with Crippen molar-refractivity contribution in [1.29, 1.82) is 0 Å². The summed E-state index contributed by atoms with van der Waals surface area (Å²) in [6, 6.07) is 0. The molecule has 1 unspecified atom stereocenters. The fourth-order valence-electron chi connectivity index (χ4n) is 1.94. The highest BCUT2D eigenvalue weighted by molar-refractivity contribution is 5.19. The zero-order valence-corrected chi connectivity index (χ0v) is 7.90. The van der Waals surface area contributed by atoms with E-state index in [2.05, 4.69) is 19.2 Å². The molecule has 1 atom stereocenters. The van der Waals surface area contributed by atoms with E-state index in [0.717, 1.165) is 44.1 Å². The molecule has 0 bridgehead atoms. The SMILES string of the molecule is C=C=C1CCCC1(O)CCCC. The molecular formula is C11H18O. The first-order valence-electron chi connectivity index (χ1n) is 4.84. The number of hydrogen-bond donors (Lipinski definition) is 1. The maximum Gasteiger partial charge on any atom is 0.0930 e. The maximum atomic E-state index is 10.1. The van der Waals surface area contributed by atoms with Gasteiger partial charge in [0.2, 0.25) is 0 Å². The monoisotopic (exact) mass is 166 g/mol. The Kier molecular flexibility index (Phi) is 3.13. The Morgan fingerprint density at radius 2 is 2.42 bits per heavy atom. The maximum absolute atomic E-state index is 10.1. The molecule has 0 heterocycles. The van der Waals surface area contributed by atoms with Gasteiger partial charge in [0.1, 0.15) is 0 Å². The van der Waals surface area contributed by atoms with Crippen molar-refractivity contribution in [3.8, 4) is 0 Å². The van der Waals surface area contributed by atoms with Crippen LogP contribution in [0.1, 0.15) is 45.4 Å². The standard InChI is InChI=1S/C11H18O/c1-3-5-8-11(12)9-6-7-10(11)4-2/h12H,2-3,5-9H2,1H3. The minimum atomic E-state index is -0.544. The number of unbranched alkanes of at least 4 members (excludes halogenated alkanes) is 1. The first kappa shape index (κ1) is 9.57. The fraction of sp³-hybridized carbons (Fsp3) is 0.727. The second kappa shape index (κ2) is 3.93. The van der Waals surface area contributed by atoms with Crippen LogP contribution in [0.4, 0.5) is 0 Å². The van der Waals surface area contributed by atoms with Crippen LogP contribution in [-0.4, -0.2) is 10.7 Å². The molecule has 1 N–H and O–H groups in total. The molecule has 0 aromatic carbocycles. The molecule has 0 aliphatic heterocycles. The van der Waals surface area contributed by atoms with E-state index < -0.39 is 5.60 Å². The summed E-state index contributed by atoms with van der Waals surface area (Å²) in [5.74, 6) is 0. The van der Waals surface area contributed by atoms with Gasteiger partial charge < -0.3 is 5.11 Å². The summed E-state index contributed by atoms with van der Waals surface area (Å²) in [4.78, 5) is 0. The average Bonchev–Trinajstić information content (AvgIpc) is 2.44. The van der Waals surface area contributed by atoms with E-state index in [1.165, 1.54) is 0 Å². The molecule has 1 saturated carbocycles. The molecule has 0 aromatic heterocycles. The van der Waals surface area contributed by atoms with E-state index >= 15 is 0 Å². The first-order valence-corrected chi connectivity index (χ1v) is 4.84. The molecule has 0 amide bonds. The Morgan fingerprint density at radius 3 is 3.00 bits per heavy atom. The van der Waals surface area contributed by atoms with E-state index in [1.54, 1.807) is 0 Å². The van der Waals surface area contributed by atoms with Gasteiger partial charge in [-0.1, -0.05) is 26.3 Å². The zero-order valence-electron chi connectivity index (χ0n) is 7.90. The summed E-state index contributed by atoms with van der Waals surface area (Å²) in [7, 11) is 0. The highest BCUT2D eigenvalue weighted by Gasteiger charge is 2.34. The summed E-state index contributed by atoms with van der Waals surface area (Å²) in [6.07, 6.45) is 6.13. The van der Waals surface area contributed by atoms with Crippen molar-refractivity contribution in [2.45, 2.75) is 51.0 Å². The van der Waals surface area contributed by atoms with Gasteiger partial charge in [-0.15, -0.1) is 5.73 Å². The van der Waals surface area contributed by atoms with Gasteiger partial charge in [-0.3, -0.25) is 0 Å². The summed E-state index contributed by atoms with van der Waals surface area (Å²) >= 11 is 0. The van der Waals surface area contributed by atoms with Crippen LogP contribution in [0.3, 0.4) is 0 Å². The van der Waals surface area contributed by atoms with Crippen LogP contribution >= 0.6 is 0 Å². The van der Waals surface area contributed by atoms with Crippen molar-refractivity contribution in [3.05, 3.63) is 17.9 Å². The normalized spacial score (nSPS) is 29.0. The lowest BCUT2D eigenvalue weighted by Crippen LogP contribution is -2.25. The molecule has 1 fully saturated rings. The Bertz CT molecular complexity index is 201. The molecular weight excluding hydrogens is 148 g/mol. The van der Waals surface area contributed by atoms with Gasteiger partial charge in [-0.2, -0.15) is 0 Å². The summed E-state index contributed by atoms with van der Waals surface area (Å²) < 4.78 is 0. The van der Waals surface area contributed by atoms with Crippen LogP contribution in [0.25, 0.3) is 0 Å². The predicted molar refractivity (Wildman–Crippen MR) is 51.0 cm³/mol. The van der Waals surface area contributed by atoms with E-state index in [1.807, 2.05) is 0 Å². The van der Waals surface area contributed by atoms with E-state index in [4.69, 9.17) is 0 Å². The third kappa shape index (κ3) is 1.80. The Morgan fingerprint density at radius 1 is 1.67 bits per heavy atom. The second-order valence-electron chi connectivity index (χ2n) is 3.64. The van der Waals surface area contributed by atoms with E-state index in [9.17, 15) is 5.11 Å². The van der Waals surface area contributed by atoms with Crippen LogP contribution in [0.2, 0.25) is 0 Å². The Hall–Kier alpha value is -0.520. The lowest BCUT2D eigenvalue weighted by atomic mass is 9.91. The molecule has 1 aliphatic carbocycles. The molecule has 1 nitrogen and oxygen atoms in total. The fourth-order valence-corrected chi connectivity index (χ4v) is 1.94. The van der Waals surface area contributed by atoms with Gasteiger partial charge in [-0.25, -0.2) is 0 Å². The van der Waals surface area contributed by atoms with Crippen LogP contribution in [0, 0.1) is 0 Å². The Labute approximate surface area is 74.8 Å². The minimum Gasteiger partial charge on any atom is -0.385 e. The van der Waals surface area contributed by atoms with Crippen molar-refractivity contribution >= 4 is 0 Å². The van der Waals surface area contributed by atoms with Gasteiger partial charge in [0.25, 0.3) is 0 Å². The largest absolute Gasteiger partial charge is 0.385 e. The summed E-state index contributed by atoms with van der Waals surface area (Å²) in [5.41, 5.74) is 3.37. The zero-order chi connectivity index (χ0) is 9.03. The highest BCUT2D eigenvalue weighted by atomic mass is 16.3. The quantitative estimate of drug-likeness (QED) is 0.639. The third-order valence-electron chi connectivity index (χ3n) is 2.74. The van der Waals surface area contributed by atoms with Crippen molar-refractivity contribution in [1.82, 2.24) is 0 Å². The molecule has 12 heavy (non-hydrogen) atoms. The predicted octanol–water partition coefficient (Wildman–Crippen LogP) is 2.80. The third-order valence-corrected chi connectivity index (χ3v) is 2.74. The van der Waals surface area contributed by atoms with Crippen molar-refractivity contribution in [2.24, 2.45) is 0 Å². The molecule has 0 radical (unpaired) electrons. The molecule has 0 spiro atoms. The van der Waals surface area contributed by atoms with Gasteiger partial charge in [0.15, 0.2) is 0 Å². The van der Waals surface area contributed by atoms with Gasteiger partial charge in [-0.05, 0) is 25.7 Å². The molecule has 1 rings (SSSR count). The van der Waals surface area contributed by atoms with Gasteiger partial charge in [0.05, 0.1) is 5.60 Å². The summed E-state index contributed by atoms with van der Waals surface area (Å²) in [5, 5.41) is 10.1. The number of aliphatic hydroxyl groups is 1. The number of rotatable bonds is 3.